The predicted molar refractivity (Wildman–Crippen MR) is 120 cm³/mol. The summed E-state index contributed by atoms with van der Waals surface area (Å²) in [5, 5.41) is 9.37. The van der Waals surface area contributed by atoms with Crippen LogP contribution in [0.15, 0.2) is 41.0 Å². The van der Waals surface area contributed by atoms with E-state index in [1.165, 1.54) is 18.0 Å². The van der Waals surface area contributed by atoms with Gasteiger partial charge in [0.15, 0.2) is 5.78 Å². The summed E-state index contributed by atoms with van der Waals surface area (Å²) in [6.07, 6.45) is 4.73. The molecule has 6 nitrogen and oxygen atoms in total. The summed E-state index contributed by atoms with van der Waals surface area (Å²) in [4.78, 5) is 17.7. The quantitative estimate of drug-likeness (QED) is 0.292. The molecular weight excluding hydrogens is 384 g/mol. The fourth-order valence-electron chi connectivity index (χ4n) is 3.96. The number of aliphatic hydroxyl groups excluding tert-OH is 1. The van der Waals surface area contributed by atoms with Gasteiger partial charge in [0.25, 0.3) is 0 Å². The van der Waals surface area contributed by atoms with Gasteiger partial charge in [-0.3, -0.25) is 4.79 Å². The molecule has 0 spiro atoms. The molecule has 0 saturated carbocycles. The van der Waals surface area contributed by atoms with E-state index < -0.39 is 0 Å². The number of anilines is 1. The number of amidine groups is 1. The van der Waals surface area contributed by atoms with Crippen molar-refractivity contribution >= 4 is 29.1 Å². The number of nitrogens with two attached hydrogens (primary N) is 2. The van der Waals surface area contributed by atoms with Crippen molar-refractivity contribution in [2.75, 3.05) is 18.1 Å². The zero-order valence-corrected chi connectivity index (χ0v) is 18.0. The Morgan fingerprint density at radius 2 is 2.14 bits per heavy atom. The number of carbonyl (C=O) groups excluding carboxylic acids is 1. The average Bonchev–Trinajstić information content (AvgIpc) is 2.95. The number of carbonyl (C=O) groups is 1. The number of rotatable bonds is 6. The van der Waals surface area contributed by atoms with Crippen molar-refractivity contribution in [1.29, 1.82) is 0 Å². The summed E-state index contributed by atoms with van der Waals surface area (Å²) < 4.78 is 2.07. The number of ketones is 1. The van der Waals surface area contributed by atoms with Crippen LogP contribution >= 0.6 is 11.8 Å². The normalized spacial score (nSPS) is 16.0. The minimum absolute atomic E-state index is 0.0261. The molecule has 29 heavy (non-hydrogen) atoms. The van der Waals surface area contributed by atoms with Gasteiger partial charge in [0, 0.05) is 41.4 Å². The Labute approximate surface area is 175 Å². The van der Waals surface area contributed by atoms with E-state index in [0.29, 0.717) is 23.4 Å². The zero-order chi connectivity index (χ0) is 21.3. The monoisotopic (exact) mass is 412 g/mol. The molecule has 1 aliphatic carbocycles. The van der Waals surface area contributed by atoms with E-state index in [1.54, 1.807) is 0 Å². The third-order valence-electron chi connectivity index (χ3n) is 5.14. The van der Waals surface area contributed by atoms with E-state index in [1.807, 2.05) is 25.3 Å². The van der Waals surface area contributed by atoms with Crippen molar-refractivity contribution in [3.63, 3.8) is 0 Å². The standard InChI is InChI=1S/C22H28N4O2S/c1-5-25-21(24)14-6-7-15(20(19(14)23)29-9-8-27)26-12-13(2)18-16(26)10-22(3,4)11-17(18)28/h5-7,12,27H,1,8-11,23H2,2-4H3,(H2,24,25). The number of aromatic nitrogens is 1. The predicted octanol–water partition coefficient (Wildman–Crippen LogP) is 3.46. The van der Waals surface area contributed by atoms with Crippen molar-refractivity contribution in [3.05, 3.63) is 53.5 Å². The van der Waals surface area contributed by atoms with Gasteiger partial charge in [0.2, 0.25) is 0 Å². The smallest absolute Gasteiger partial charge is 0.165 e. The zero-order valence-electron chi connectivity index (χ0n) is 17.2. The van der Waals surface area contributed by atoms with Crippen molar-refractivity contribution in [3.8, 4) is 5.69 Å². The fraction of sp³-hybridized carbons (Fsp3) is 0.364. The number of aliphatic imine (C=N–C) groups is 1. The van der Waals surface area contributed by atoms with Crippen molar-refractivity contribution < 1.29 is 9.90 Å². The van der Waals surface area contributed by atoms with Gasteiger partial charge < -0.3 is 21.1 Å². The van der Waals surface area contributed by atoms with Crippen molar-refractivity contribution in [2.45, 2.75) is 38.5 Å². The summed E-state index contributed by atoms with van der Waals surface area (Å²) in [6, 6.07) is 3.79. The molecule has 1 aromatic carbocycles. The first-order valence-corrected chi connectivity index (χ1v) is 10.5. The highest BCUT2D eigenvalue weighted by Gasteiger charge is 2.35. The largest absolute Gasteiger partial charge is 0.397 e. The van der Waals surface area contributed by atoms with Crippen LogP contribution in [0.2, 0.25) is 0 Å². The SMILES string of the molecule is C=C/N=C(/N)c1ccc(-n2cc(C)c3c2CC(C)(C)CC3=O)c(SCCO)c1N. The second kappa shape index (κ2) is 8.08. The summed E-state index contributed by atoms with van der Waals surface area (Å²) >= 11 is 1.46. The Hall–Kier alpha value is -2.51. The number of nitrogens with zero attached hydrogens (tertiary/aromatic N) is 2. The van der Waals surface area contributed by atoms with Crippen LogP contribution in [0, 0.1) is 12.3 Å². The number of thioether (sulfide) groups is 1. The Bertz CT molecular complexity index is 1000. The number of nitrogen functional groups attached to an aromatic ring is 1. The molecule has 7 heteroatoms. The second-order valence-corrected chi connectivity index (χ2v) is 9.19. The molecule has 0 saturated heterocycles. The van der Waals surface area contributed by atoms with E-state index >= 15 is 0 Å². The molecule has 2 aromatic rings. The molecule has 0 bridgehead atoms. The number of hydrogen-bond acceptors (Lipinski definition) is 5. The van der Waals surface area contributed by atoms with Crippen LogP contribution in [0.5, 0.6) is 0 Å². The van der Waals surface area contributed by atoms with E-state index in [2.05, 4.69) is 30.0 Å². The molecule has 0 aliphatic heterocycles. The highest BCUT2D eigenvalue weighted by atomic mass is 32.2. The minimum Gasteiger partial charge on any atom is -0.397 e. The summed E-state index contributed by atoms with van der Waals surface area (Å²) in [5.74, 6) is 0.965. The Morgan fingerprint density at radius 1 is 1.41 bits per heavy atom. The lowest BCUT2D eigenvalue weighted by atomic mass is 9.75. The maximum Gasteiger partial charge on any atom is 0.165 e. The Kier molecular flexibility index (Phi) is 5.91. The molecule has 1 heterocycles. The summed E-state index contributed by atoms with van der Waals surface area (Å²) in [5.41, 5.74) is 17.2. The number of fused-ring (bicyclic) bond motifs is 1. The van der Waals surface area contributed by atoms with E-state index in [4.69, 9.17) is 11.5 Å². The van der Waals surface area contributed by atoms with E-state index in [9.17, 15) is 9.90 Å². The van der Waals surface area contributed by atoms with Crippen LogP contribution in [0.4, 0.5) is 5.69 Å². The van der Waals surface area contributed by atoms with Gasteiger partial charge in [-0.1, -0.05) is 20.4 Å². The number of aryl methyl sites for hydroxylation is 1. The first-order chi connectivity index (χ1) is 13.7. The Morgan fingerprint density at radius 3 is 2.79 bits per heavy atom. The van der Waals surface area contributed by atoms with Gasteiger partial charge in [-0.15, -0.1) is 11.8 Å². The van der Waals surface area contributed by atoms with Gasteiger partial charge in [-0.25, -0.2) is 4.99 Å². The number of benzene rings is 1. The third kappa shape index (κ3) is 3.97. The first kappa shape index (κ1) is 21.2. The number of Topliss-reactive ketones (excluding diaryl/α,β-unsaturated/α-hetero) is 1. The lowest BCUT2D eigenvalue weighted by Gasteiger charge is -2.30. The second-order valence-electron chi connectivity index (χ2n) is 8.09. The number of aliphatic hydroxyl groups is 1. The summed E-state index contributed by atoms with van der Waals surface area (Å²) in [7, 11) is 0. The number of hydrogen-bond donors (Lipinski definition) is 3. The molecule has 3 rings (SSSR count). The van der Waals surface area contributed by atoms with Crippen LogP contribution in [0.1, 0.15) is 47.4 Å². The third-order valence-corrected chi connectivity index (χ3v) is 6.24. The Balaban J connectivity index is 2.23. The van der Waals surface area contributed by atoms with Crippen LogP contribution < -0.4 is 11.5 Å². The maximum atomic E-state index is 12.8. The van der Waals surface area contributed by atoms with Crippen LogP contribution in [-0.2, 0) is 6.42 Å². The fourth-order valence-corrected chi connectivity index (χ4v) is 4.84. The molecule has 0 unspecified atom stereocenters. The van der Waals surface area contributed by atoms with Gasteiger partial charge >= 0.3 is 0 Å². The lowest BCUT2D eigenvalue weighted by molar-refractivity contribution is 0.0910. The molecule has 0 atom stereocenters. The van der Waals surface area contributed by atoms with E-state index in [0.717, 1.165) is 33.8 Å². The molecule has 5 N–H and O–H groups in total. The van der Waals surface area contributed by atoms with E-state index in [-0.39, 0.29) is 23.6 Å². The topological polar surface area (TPSA) is 107 Å². The molecule has 0 fully saturated rings. The van der Waals surface area contributed by atoms with Gasteiger partial charge in [-0.05, 0) is 36.5 Å². The highest BCUT2D eigenvalue weighted by molar-refractivity contribution is 7.99. The van der Waals surface area contributed by atoms with Crippen molar-refractivity contribution in [2.24, 2.45) is 16.1 Å². The molecule has 0 amide bonds. The van der Waals surface area contributed by atoms with Gasteiger partial charge in [-0.2, -0.15) is 0 Å². The first-order valence-electron chi connectivity index (χ1n) is 9.55. The highest BCUT2D eigenvalue weighted by Crippen LogP contribution is 2.41. The minimum atomic E-state index is -0.0996. The molecule has 154 valence electrons. The van der Waals surface area contributed by atoms with Gasteiger partial charge in [0.1, 0.15) is 5.84 Å². The van der Waals surface area contributed by atoms with Crippen molar-refractivity contribution in [1.82, 2.24) is 4.57 Å². The van der Waals surface area contributed by atoms with Crippen LogP contribution in [0.3, 0.4) is 0 Å². The average molecular weight is 413 g/mol. The summed E-state index contributed by atoms with van der Waals surface area (Å²) in [6.45, 7) is 9.81. The molecule has 1 aromatic heterocycles. The van der Waals surface area contributed by atoms with Crippen LogP contribution in [-0.4, -0.2) is 33.7 Å². The molecule has 0 radical (unpaired) electrons. The molecular formula is C22H28N4O2S. The lowest BCUT2D eigenvalue weighted by Crippen LogP contribution is -2.28. The van der Waals surface area contributed by atoms with Crippen LogP contribution in [0.25, 0.3) is 5.69 Å². The van der Waals surface area contributed by atoms with Gasteiger partial charge in [0.05, 0.1) is 22.9 Å². The molecule has 1 aliphatic rings. The maximum absolute atomic E-state index is 12.8.